The number of ether oxygens (including phenoxy) is 1. The number of hydrogen-bond acceptors (Lipinski definition) is 6. The van der Waals surface area contributed by atoms with Crippen LogP contribution in [0.1, 0.15) is 41.9 Å². The van der Waals surface area contributed by atoms with Gasteiger partial charge in [-0.3, -0.25) is 9.69 Å². The lowest BCUT2D eigenvalue weighted by molar-refractivity contribution is 0.0331. The second-order valence-corrected chi connectivity index (χ2v) is 8.26. The van der Waals surface area contributed by atoms with Crippen molar-refractivity contribution in [1.82, 2.24) is 14.9 Å². The molecule has 4 rings (SSSR count). The highest BCUT2D eigenvalue weighted by Gasteiger charge is 2.31. The van der Waals surface area contributed by atoms with Crippen LogP contribution in [0, 0.1) is 0 Å². The first-order valence-corrected chi connectivity index (χ1v) is 9.92. The van der Waals surface area contributed by atoms with Crippen LogP contribution in [-0.2, 0) is 24.1 Å². The van der Waals surface area contributed by atoms with Crippen LogP contribution in [0.3, 0.4) is 0 Å². The highest BCUT2D eigenvalue weighted by Crippen LogP contribution is 2.34. The molecule has 2 N–H and O–H groups in total. The molecular weight excluding hydrogens is 338 g/mol. The van der Waals surface area contributed by atoms with E-state index in [9.17, 15) is 9.90 Å². The first-order valence-electron chi connectivity index (χ1n) is 9.10. The maximum Gasteiger partial charge on any atom is 0.259 e. The monoisotopic (exact) mass is 363 g/mol. The average Bonchev–Trinajstić information content (AvgIpc) is 3.35. The first kappa shape index (κ1) is 17.1. The lowest BCUT2D eigenvalue weighted by Crippen LogP contribution is -2.36. The van der Waals surface area contributed by atoms with Crippen molar-refractivity contribution in [2.75, 3.05) is 20.3 Å². The Morgan fingerprint density at radius 3 is 2.96 bits per heavy atom. The highest BCUT2D eigenvalue weighted by molar-refractivity contribution is 7.18. The molecule has 6 nitrogen and oxygen atoms in total. The maximum absolute atomic E-state index is 12.6. The fourth-order valence-corrected chi connectivity index (χ4v) is 5.05. The first-order chi connectivity index (χ1) is 12.2. The van der Waals surface area contributed by atoms with Crippen LogP contribution in [0.15, 0.2) is 4.79 Å². The van der Waals surface area contributed by atoms with Gasteiger partial charge in [0.15, 0.2) is 0 Å². The summed E-state index contributed by atoms with van der Waals surface area (Å²) in [6.07, 6.45) is 6.19. The zero-order valence-corrected chi connectivity index (χ0v) is 15.4. The summed E-state index contributed by atoms with van der Waals surface area (Å²) in [5.74, 6) is 0.701. The fourth-order valence-electron chi connectivity index (χ4n) is 3.77. The van der Waals surface area contributed by atoms with Crippen LogP contribution in [0.4, 0.5) is 0 Å². The van der Waals surface area contributed by atoms with E-state index in [-0.39, 0.29) is 5.56 Å². The number of hydrogen-bond donors (Lipinski definition) is 2. The molecule has 0 bridgehead atoms. The number of thiophene rings is 1. The van der Waals surface area contributed by atoms with E-state index in [4.69, 9.17) is 9.72 Å². The van der Waals surface area contributed by atoms with Crippen LogP contribution in [0.2, 0.25) is 0 Å². The third kappa shape index (κ3) is 3.65. The van der Waals surface area contributed by atoms with E-state index >= 15 is 0 Å². The van der Waals surface area contributed by atoms with Crippen molar-refractivity contribution >= 4 is 21.6 Å². The van der Waals surface area contributed by atoms with E-state index in [1.165, 1.54) is 16.9 Å². The van der Waals surface area contributed by atoms with Gasteiger partial charge in [0, 0.05) is 24.6 Å². The second-order valence-electron chi connectivity index (χ2n) is 7.17. The quantitative estimate of drug-likeness (QED) is 0.785. The van der Waals surface area contributed by atoms with Crippen molar-refractivity contribution in [3.63, 3.8) is 0 Å². The molecule has 1 unspecified atom stereocenters. The molecule has 2 heterocycles. The lowest BCUT2D eigenvalue weighted by Gasteiger charge is -2.24. The van der Waals surface area contributed by atoms with Gasteiger partial charge in [-0.25, -0.2) is 4.98 Å². The van der Waals surface area contributed by atoms with E-state index in [0.717, 1.165) is 42.3 Å². The van der Waals surface area contributed by atoms with E-state index in [2.05, 4.69) is 9.88 Å². The zero-order chi connectivity index (χ0) is 17.4. The lowest BCUT2D eigenvalue weighted by atomic mass is 9.97. The largest absolute Gasteiger partial charge is 0.389 e. The van der Waals surface area contributed by atoms with Crippen molar-refractivity contribution in [1.29, 1.82) is 0 Å². The minimum atomic E-state index is -0.518. The van der Waals surface area contributed by atoms with Crippen LogP contribution in [0.5, 0.6) is 0 Å². The molecule has 1 saturated carbocycles. The molecule has 2 aliphatic carbocycles. The number of aromatic nitrogens is 2. The standard InChI is InChI=1S/C18H25N3O3S/c1-24-10-12(22)8-21(11-6-7-11)9-15-19-17(23)16-13-4-2-3-5-14(13)25-18(16)20-15/h11-12,22H,2-10H2,1H3,(H,19,20,23). The molecule has 136 valence electrons. The Balaban J connectivity index is 1.59. The van der Waals surface area contributed by atoms with Crippen molar-refractivity contribution in [2.24, 2.45) is 0 Å². The molecule has 2 aliphatic rings. The SMILES string of the molecule is COCC(O)CN(Cc1nc2sc3c(c2c(=O)[nH]1)CCCC3)C1CC1. The summed E-state index contributed by atoms with van der Waals surface area (Å²) in [4.78, 5) is 24.8. The van der Waals surface area contributed by atoms with Gasteiger partial charge in [-0.15, -0.1) is 11.3 Å². The van der Waals surface area contributed by atoms with Gasteiger partial charge < -0.3 is 14.8 Å². The van der Waals surface area contributed by atoms with Crippen LogP contribution >= 0.6 is 11.3 Å². The van der Waals surface area contributed by atoms with Gasteiger partial charge in [-0.1, -0.05) is 0 Å². The van der Waals surface area contributed by atoms with Crippen molar-refractivity contribution in [3.8, 4) is 0 Å². The van der Waals surface area contributed by atoms with Crippen molar-refractivity contribution in [2.45, 2.75) is 57.2 Å². The van der Waals surface area contributed by atoms with Gasteiger partial charge in [-0.05, 0) is 44.1 Å². The second kappa shape index (κ2) is 7.15. The number of nitrogens with zero attached hydrogens (tertiary/aromatic N) is 2. The molecule has 0 aliphatic heterocycles. The molecule has 0 radical (unpaired) electrons. The van der Waals surface area contributed by atoms with Gasteiger partial charge in [0.25, 0.3) is 5.56 Å². The zero-order valence-electron chi connectivity index (χ0n) is 14.6. The number of methoxy groups -OCH3 is 1. The normalized spacial score (nSPS) is 18.7. The van der Waals surface area contributed by atoms with E-state index in [1.54, 1.807) is 18.4 Å². The van der Waals surface area contributed by atoms with Crippen LogP contribution in [0.25, 0.3) is 10.2 Å². The molecule has 25 heavy (non-hydrogen) atoms. The Bertz CT molecular complexity index is 812. The molecule has 2 aromatic rings. The predicted octanol–water partition coefficient (Wildman–Crippen LogP) is 1.84. The fraction of sp³-hybridized carbons (Fsp3) is 0.667. The summed E-state index contributed by atoms with van der Waals surface area (Å²) >= 11 is 1.68. The van der Waals surface area contributed by atoms with Gasteiger partial charge in [0.05, 0.1) is 24.6 Å². The number of aliphatic hydroxyl groups excluding tert-OH is 1. The van der Waals surface area contributed by atoms with Crippen LogP contribution in [-0.4, -0.2) is 52.4 Å². The molecule has 1 atom stereocenters. The molecule has 1 fully saturated rings. The Hall–Kier alpha value is -1.28. The molecule has 0 amide bonds. The van der Waals surface area contributed by atoms with Crippen LogP contribution < -0.4 is 5.56 Å². The minimum absolute atomic E-state index is 0.00686. The summed E-state index contributed by atoms with van der Waals surface area (Å²) in [7, 11) is 1.59. The number of H-pyrrole nitrogens is 1. The molecule has 7 heteroatoms. The number of aliphatic hydroxyl groups is 1. The summed E-state index contributed by atoms with van der Waals surface area (Å²) in [6, 6.07) is 0.476. The van der Waals surface area contributed by atoms with Gasteiger partial charge in [0.1, 0.15) is 10.7 Å². The number of nitrogens with one attached hydrogen (secondary N) is 1. The number of fused-ring (bicyclic) bond motifs is 3. The topological polar surface area (TPSA) is 78.5 Å². The van der Waals surface area contributed by atoms with Crippen molar-refractivity contribution in [3.05, 3.63) is 26.6 Å². The minimum Gasteiger partial charge on any atom is -0.389 e. The summed E-state index contributed by atoms with van der Waals surface area (Å²) in [6.45, 7) is 1.43. The third-order valence-corrected chi connectivity index (χ3v) is 6.28. The number of aryl methyl sites for hydroxylation is 2. The maximum atomic E-state index is 12.6. The predicted molar refractivity (Wildman–Crippen MR) is 98.2 cm³/mol. The van der Waals surface area contributed by atoms with E-state index in [0.29, 0.717) is 31.6 Å². The Labute approximate surface area is 150 Å². The van der Waals surface area contributed by atoms with Crippen molar-refractivity contribution < 1.29 is 9.84 Å². The van der Waals surface area contributed by atoms with E-state index in [1.807, 2.05) is 0 Å². The smallest absolute Gasteiger partial charge is 0.259 e. The average molecular weight is 363 g/mol. The third-order valence-electron chi connectivity index (χ3n) is 5.09. The molecular formula is C18H25N3O3S. The number of rotatable bonds is 7. The summed E-state index contributed by atoms with van der Waals surface area (Å²) < 4.78 is 5.03. The summed E-state index contributed by atoms with van der Waals surface area (Å²) in [5, 5.41) is 10.9. The Morgan fingerprint density at radius 1 is 1.40 bits per heavy atom. The number of aromatic amines is 1. The molecule has 0 saturated heterocycles. The van der Waals surface area contributed by atoms with E-state index < -0.39 is 6.10 Å². The van der Waals surface area contributed by atoms with Gasteiger partial charge in [0.2, 0.25) is 0 Å². The molecule has 0 spiro atoms. The van der Waals surface area contributed by atoms with Gasteiger partial charge >= 0.3 is 0 Å². The highest BCUT2D eigenvalue weighted by atomic mass is 32.1. The molecule has 2 aromatic heterocycles. The van der Waals surface area contributed by atoms with Gasteiger partial charge in [-0.2, -0.15) is 0 Å². The summed E-state index contributed by atoms with van der Waals surface area (Å²) in [5.41, 5.74) is 1.22. The Morgan fingerprint density at radius 2 is 2.20 bits per heavy atom. The molecule has 0 aromatic carbocycles. The Kier molecular flexibility index (Phi) is 4.90.